The third-order valence-electron chi connectivity index (χ3n) is 3.78. The van der Waals surface area contributed by atoms with Gasteiger partial charge in [-0.05, 0) is 43.4 Å². The standard InChI is InChI=1S/C16H16O5/c1-19-15(17)9-20-10-6-7-12-11-4-2-3-5-13(11)16(18)21-14(12)8-10/h6-8H,2-5,9H2,1H3. The van der Waals surface area contributed by atoms with Gasteiger partial charge in [-0.3, -0.25) is 0 Å². The van der Waals surface area contributed by atoms with E-state index in [1.807, 2.05) is 6.07 Å². The minimum atomic E-state index is -0.456. The first kappa shape index (κ1) is 13.7. The van der Waals surface area contributed by atoms with Gasteiger partial charge in [-0.2, -0.15) is 0 Å². The molecule has 1 aliphatic rings. The van der Waals surface area contributed by atoms with Crippen LogP contribution in [0.15, 0.2) is 27.4 Å². The number of methoxy groups -OCH3 is 1. The zero-order chi connectivity index (χ0) is 14.8. The summed E-state index contributed by atoms with van der Waals surface area (Å²) >= 11 is 0. The van der Waals surface area contributed by atoms with Gasteiger partial charge in [0, 0.05) is 17.0 Å². The Hall–Kier alpha value is -2.30. The lowest BCUT2D eigenvalue weighted by atomic mass is 9.91. The average Bonchev–Trinajstić information content (AvgIpc) is 2.52. The van der Waals surface area contributed by atoms with Crippen LogP contribution < -0.4 is 10.4 Å². The molecule has 0 amide bonds. The van der Waals surface area contributed by atoms with E-state index in [2.05, 4.69) is 4.74 Å². The van der Waals surface area contributed by atoms with E-state index in [9.17, 15) is 9.59 Å². The molecule has 0 atom stereocenters. The van der Waals surface area contributed by atoms with Gasteiger partial charge in [0.1, 0.15) is 11.3 Å². The van der Waals surface area contributed by atoms with E-state index in [1.54, 1.807) is 12.1 Å². The summed E-state index contributed by atoms with van der Waals surface area (Å²) in [5.74, 6) is 0.0220. The van der Waals surface area contributed by atoms with Gasteiger partial charge in [0.25, 0.3) is 0 Å². The predicted molar refractivity (Wildman–Crippen MR) is 76.6 cm³/mol. The molecule has 1 heterocycles. The molecule has 5 nitrogen and oxygen atoms in total. The molecule has 0 radical (unpaired) electrons. The quantitative estimate of drug-likeness (QED) is 0.640. The highest BCUT2D eigenvalue weighted by molar-refractivity contribution is 5.83. The third-order valence-corrected chi connectivity index (χ3v) is 3.78. The van der Waals surface area contributed by atoms with Crippen molar-refractivity contribution in [1.82, 2.24) is 0 Å². The van der Waals surface area contributed by atoms with Crippen LogP contribution in [0.3, 0.4) is 0 Å². The Kier molecular flexibility index (Phi) is 3.64. The van der Waals surface area contributed by atoms with Crippen molar-refractivity contribution in [3.8, 4) is 5.75 Å². The lowest BCUT2D eigenvalue weighted by molar-refractivity contribution is -0.142. The van der Waals surface area contributed by atoms with Crippen molar-refractivity contribution in [2.75, 3.05) is 13.7 Å². The minimum absolute atomic E-state index is 0.169. The number of ether oxygens (including phenoxy) is 2. The molecule has 21 heavy (non-hydrogen) atoms. The zero-order valence-corrected chi connectivity index (χ0v) is 11.8. The third kappa shape index (κ3) is 2.63. The van der Waals surface area contributed by atoms with Crippen LogP contribution in [0.5, 0.6) is 5.75 Å². The van der Waals surface area contributed by atoms with Crippen LogP contribution in [0, 0.1) is 0 Å². The van der Waals surface area contributed by atoms with Gasteiger partial charge < -0.3 is 13.9 Å². The molecule has 0 fully saturated rings. The summed E-state index contributed by atoms with van der Waals surface area (Å²) in [6, 6.07) is 5.31. The first-order valence-corrected chi connectivity index (χ1v) is 6.97. The van der Waals surface area contributed by atoms with E-state index in [0.29, 0.717) is 11.3 Å². The molecule has 1 aromatic heterocycles. The van der Waals surface area contributed by atoms with Crippen molar-refractivity contribution < 1.29 is 18.7 Å². The molecule has 5 heteroatoms. The number of carbonyl (C=O) groups is 1. The average molecular weight is 288 g/mol. The number of fused-ring (bicyclic) bond motifs is 3. The second-order valence-electron chi connectivity index (χ2n) is 5.08. The summed E-state index contributed by atoms with van der Waals surface area (Å²) in [4.78, 5) is 23.1. The Morgan fingerprint density at radius 1 is 1.24 bits per heavy atom. The van der Waals surface area contributed by atoms with Gasteiger partial charge in [-0.15, -0.1) is 0 Å². The number of benzene rings is 1. The molecule has 0 unspecified atom stereocenters. The summed E-state index contributed by atoms with van der Waals surface area (Å²) < 4.78 is 15.2. The first-order chi connectivity index (χ1) is 10.2. The summed E-state index contributed by atoms with van der Waals surface area (Å²) in [6.07, 6.45) is 3.81. The van der Waals surface area contributed by atoms with Crippen LogP contribution in [0.1, 0.15) is 24.0 Å². The second kappa shape index (κ2) is 5.60. The Morgan fingerprint density at radius 3 is 2.76 bits per heavy atom. The van der Waals surface area contributed by atoms with E-state index in [-0.39, 0.29) is 12.2 Å². The van der Waals surface area contributed by atoms with Crippen molar-refractivity contribution in [3.05, 3.63) is 39.7 Å². The van der Waals surface area contributed by atoms with Crippen LogP contribution in [0.4, 0.5) is 0 Å². The fraction of sp³-hybridized carbons (Fsp3) is 0.375. The maximum atomic E-state index is 12.0. The fourth-order valence-corrected chi connectivity index (χ4v) is 2.72. The van der Waals surface area contributed by atoms with Crippen LogP contribution in [0.2, 0.25) is 0 Å². The number of hydrogen-bond donors (Lipinski definition) is 0. The highest BCUT2D eigenvalue weighted by Crippen LogP contribution is 2.28. The first-order valence-electron chi connectivity index (χ1n) is 6.97. The molecule has 1 aliphatic carbocycles. The monoisotopic (exact) mass is 288 g/mol. The van der Waals surface area contributed by atoms with Gasteiger partial charge in [-0.1, -0.05) is 0 Å². The number of carbonyl (C=O) groups excluding carboxylic acids is 1. The molecule has 0 saturated heterocycles. The topological polar surface area (TPSA) is 65.7 Å². The SMILES string of the molecule is COC(=O)COc1ccc2c3c(c(=O)oc2c1)CCCC3. The molecule has 0 bridgehead atoms. The molecule has 0 spiro atoms. The summed E-state index contributed by atoms with van der Waals surface area (Å²) in [6.45, 7) is -0.169. The maximum absolute atomic E-state index is 12.0. The van der Waals surface area contributed by atoms with Crippen molar-refractivity contribution in [1.29, 1.82) is 0 Å². The number of esters is 1. The largest absolute Gasteiger partial charge is 0.482 e. The smallest absolute Gasteiger partial charge is 0.343 e. The molecule has 0 N–H and O–H groups in total. The normalized spacial score (nSPS) is 13.8. The molecule has 2 aromatic rings. The summed E-state index contributed by atoms with van der Waals surface area (Å²) in [7, 11) is 1.30. The van der Waals surface area contributed by atoms with E-state index in [0.717, 1.165) is 42.2 Å². The molecular formula is C16H16O5. The van der Waals surface area contributed by atoms with E-state index in [4.69, 9.17) is 9.15 Å². The minimum Gasteiger partial charge on any atom is -0.482 e. The molecule has 1 aromatic carbocycles. The van der Waals surface area contributed by atoms with Gasteiger partial charge in [0.15, 0.2) is 6.61 Å². The summed E-state index contributed by atoms with van der Waals surface area (Å²) in [5, 5.41) is 0.953. The van der Waals surface area contributed by atoms with Crippen LogP contribution >= 0.6 is 0 Å². The Balaban J connectivity index is 1.99. The van der Waals surface area contributed by atoms with E-state index in [1.165, 1.54) is 7.11 Å². The van der Waals surface area contributed by atoms with E-state index < -0.39 is 5.97 Å². The highest BCUT2D eigenvalue weighted by Gasteiger charge is 2.18. The van der Waals surface area contributed by atoms with Gasteiger partial charge in [0.05, 0.1) is 7.11 Å². The zero-order valence-electron chi connectivity index (χ0n) is 11.8. The van der Waals surface area contributed by atoms with Crippen LogP contribution in [-0.4, -0.2) is 19.7 Å². The molecule has 3 rings (SSSR count). The number of hydrogen-bond acceptors (Lipinski definition) is 5. The van der Waals surface area contributed by atoms with Crippen LogP contribution in [0.25, 0.3) is 11.0 Å². The van der Waals surface area contributed by atoms with Crippen molar-refractivity contribution in [2.24, 2.45) is 0 Å². The Bertz CT molecular complexity index is 744. The summed E-state index contributed by atoms with van der Waals surface area (Å²) in [5.41, 5.74) is 2.13. The number of rotatable bonds is 3. The second-order valence-corrected chi connectivity index (χ2v) is 5.08. The molecule has 0 saturated carbocycles. The van der Waals surface area contributed by atoms with Crippen molar-refractivity contribution in [3.63, 3.8) is 0 Å². The van der Waals surface area contributed by atoms with Crippen molar-refractivity contribution in [2.45, 2.75) is 25.7 Å². The molecule has 110 valence electrons. The van der Waals surface area contributed by atoms with E-state index >= 15 is 0 Å². The predicted octanol–water partition coefficient (Wildman–Crippen LogP) is 2.22. The Labute approximate surface area is 121 Å². The lowest BCUT2D eigenvalue weighted by Gasteiger charge is -2.16. The van der Waals surface area contributed by atoms with Gasteiger partial charge >= 0.3 is 11.6 Å². The van der Waals surface area contributed by atoms with Crippen molar-refractivity contribution >= 4 is 16.9 Å². The fourth-order valence-electron chi connectivity index (χ4n) is 2.72. The Morgan fingerprint density at radius 2 is 2.00 bits per heavy atom. The molecule has 0 aliphatic heterocycles. The number of aryl methyl sites for hydroxylation is 1. The van der Waals surface area contributed by atoms with Crippen LogP contribution in [-0.2, 0) is 22.4 Å². The maximum Gasteiger partial charge on any atom is 0.343 e. The van der Waals surface area contributed by atoms with Gasteiger partial charge in [-0.25, -0.2) is 9.59 Å². The highest BCUT2D eigenvalue weighted by atomic mass is 16.6. The van der Waals surface area contributed by atoms with Gasteiger partial charge in [0.2, 0.25) is 0 Å². The molecular weight excluding hydrogens is 272 g/mol. The lowest BCUT2D eigenvalue weighted by Crippen LogP contribution is -2.16.